The molecule has 0 aliphatic rings. The Kier molecular flexibility index (Phi) is 6.53. The fourth-order valence-electron chi connectivity index (χ4n) is 2.10. The molecule has 0 heterocycles. The second kappa shape index (κ2) is 7.69. The van der Waals surface area contributed by atoms with Crippen LogP contribution >= 0.6 is 15.9 Å². The average Bonchev–Trinajstić information content (AvgIpc) is 2.41. The average molecular weight is 363 g/mol. The van der Waals surface area contributed by atoms with Gasteiger partial charge in [0.25, 0.3) is 0 Å². The van der Waals surface area contributed by atoms with Crippen molar-refractivity contribution in [2.75, 3.05) is 18.0 Å². The topological polar surface area (TPSA) is 27.0 Å². The Hall–Kier alpha value is -1.22. The molecular weight excluding hydrogens is 345 g/mol. The van der Waals surface area contributed by atoms with Crippen molar-refractivity contribution < 1.29 is 13.2 Å². The number of hydrogen-bond donors (Lipinski definition) is 0. The molecule has 2 nitrogen and oxygen atoms in total. The number of hydrogen-bond acceptors (Lipinski definition) is 2. The fourth-order valence-corrected chi connectivity index (χ4v) is 2.45. The number of rotatable bonds is 6. The number of alkyl halides is 4. The van der Waals surface area contributed by atoms with E-state index >= 15 is 0 Å². The van der Waals surface area contributed by atoms with Crippen molar-refractivity contribution in [1.29, 1.82) is 5.26 Å². The number of benzene rings is 1. The Bertz CT molecular complexity index is 507. The van der Waals surface area contributed by atoms with E-state index < -0.39 is 11.7 Å². The largest absolute Gasteiger partial charge is 0.418 e. The van der Waals surface area contributed by atoms with Gasteiger partial charge in [-0.2, -0.15) is 18.4 Å². The van der Waals surface area contributed by atoms with E-state index in [4.69, 9.17) is 5.26 Å². The molecule has 0 spiro atoms. The van der Waals surface area contributed by atoms with Gasteiger partial charge < -0.3 is 4.90 Å². The van der Waals surface area contributed by atoms with Gasteiger partial charge in [0.1, 0.15) is 0 Å². The predicted molar refractivity (Wildman–Crippen MR) is 81.4 cm³/mol. The van der Waals surface area contributed by atoms with Crippen molar-refractivity contribution >= 4 is 21.6 Å². The van der Waals surface area contributed by atoms with Crippen molar-refractivity contribution in [3.8, 4) is 6.07 Å². The normalized spacial score (nSPS) is 11.5. The molecule has 0 atom stereocenters. The number of nitriles is 1. The van der Waals surface area contributed by atoms with Crippen molar-refractivity contribution in [2.24, 2.45) is 5.92 Å². The summed E-state index contributed by atoms with van der Waals surface area (Å²) in [6, 6.07) is 6.34. The van der Waals surface area contributed by atoms with E-state index in [9.17, 15) is 13.2 Å². The standard InChI is InChI=1S/C15H18BrF3N2/c1-11(2)10-21(7-3-6-20)14-5-4-12(9-16)8-13(14)15(17,18)19/h4-5,8,11H,3,7,9-10H2,1-2H3. The van der Waals surface area contributed by atoms with E-state index in [-0.39, 0.29) is 18.0 Å². The summed E-state index contributed by atoms with van der Waals surface area (Å²) < 4.78 is 39.8. The van der Waals surface area contributed by atoms with E-state index in [2.05, 4.69) is 15.9 Å². The summed E-state index contributed by atoms with van der Waals surface area (Å²) in [6.07, 6.45) is -4.21. The maximum atomic E-state index is 13.3. The monoisotopic (exact) mass is 362 g/mol. The van der Waals surface area contributed by atoms with Gasteiger partial charge in [-0.05, 0) is 23.6 Å². The molecule has 0 aliphatic heterocycles. The molecule has 21 heavy (non-hydrogen) atoms. The molecule has 6 heteroatoms. The molecule has 1 aromatic rings. The van der Waals surface area contributed by atoms with Crippen molar-refractivity contribution in [3.63, 3.8) is 0 Å². The van der Waals surface area contributed by atoms with Gasteiger partial charge in [-0.1, -0.05) is 35.8 Å². The van der Waals surface area contributed by atoms with Gasteiger partial charge in [0, 0.05) is 24.1 Å². The SMILES string of the molecule is CC(C)CN(CCC#N)c1ccc(CBr)cc1C(F)(F)F. The smallest absolute Gasteiger partial charge is 0.370 e. The van der Waals surface area contributed by atoms with Crippen LogP contribution < -0.4 is 4.90 Å². The molecule has 0 radical (unpaired) electrons. The second-order valence-electron chi connectivity index (χ2n) is 5.23. The van der Waals surface area contributed by atoms with Crippen LogP contribution in [0.15, 0.2) is 18.2 Å². The summed E-state index contributed by atoms with van der Waals surface area (Å²) in [6.45, 7) is 4.67. The van der Waals surface area contributed by atoms with Crippen LogP contribution in [-0.4, -0.2) is 13.1 Å². The number of anilines is 1. The highest BCUT2D eigenvalue weighted by molar-refractivity contribution is 9.08. The van der Waals surface area contributed by atoms with Crippen molar-refractivity contribution in [3.05, 3.63) is 29.3 Å². The minimum atomic E-state index is -4.41. The first-order valence-electron chi connectivity index (χ1n) is 6.67. The van der Waals surface area contributed by atoms with Gasteiger partial charge in [-0.3, -0.25) is 0 Å². The van der Waals surface area contributed by atoms with Gasteiger partial charge in [0.15, 0.2) is 0 Å². The van der Waals surface area contributed by atoms with Crippen LogP contribution in [0.5, 0.6) is 0 Å². The number of halogens is 4. The third kappa shape index (κ3) is 5.24. The molecule has 1 rings (SSSR count). The van der Waals surface area contributed by atoms with Gasteiger partial charge in [0.2, 0.25) is 0 Å². The van der Waals surface area contributed by atoms with Crippen molar-refractivity contribution in [1.82, 2.24) is 0 Å². The number of nitrogens with zero attached hydrogens (tertiary/aromatic N) is 2. The third-order valence-corrected chi connectivity index (χ3v) is 3.59. The molecule has 0 aliphatic carbocycles. The van der Waals surface area contributed by atoms with Gasteiger partial charge in [0.05, 0.1) is 18.1 Å². The Morgan fingerprint density at radius 1 is 1.33 bits per heavy atom. The third-order valence-electron chi connectivity index (χ3n) is 2.94. The molecule has 0 amide bonds. The van der Waals surface area contributed by atoms with E-state index in [1.165, 1.54) is 12.1 Å². The lowest BCUT2D eigenvalue weighted by Crippen LogP contribution is -2.30. The highest BCUT2D eigenvalue weighted by Crippen LogP contribution is 2.38. The first kappa shape index (κ1) is 17.8. The lowest BCUT2D eigenvalue weighted by molar-refractivity contribution is -0.137. The van der Waals surface area contributed by atoms with Gasteiger partial charge in [-0.15, -0.1) is 0 Å². The Morgan fingerprint density at radius 2 is 2.00 bits per heavy atom. The Balaban J connectivity index is 3.25. The van der Waals surface area contributed by atoms with Gasteiger partial charge in [-0.25, -0.2) is 0 Å². The first-order chi connectivity index (χ1) is 9.79. The lowest BCUT2D eigenvalue weighted by atomic mass is 10.1. The fraction of sp³-hybridized carbons (Fsp3) is 0.533. The quantitative estimate of drug-likeness (QED) is 0.667. The van der Waals surface area contributed by atoms with E-state index in [0.717, 1.165) is 0 Å². The summed E-state index contributed by atoms with van der Waals surface area (Å²) >= 11 is 3.18. The van der Waals surface area contributed by atoms with Crippen LogP contribution in [0, 0.1) is 17.2 Å². The van der Waals surface area contributed by atoms with Crippen molar-refractivity contribution in [2.45, 2.75) is 31.8 Å². The zero-order valence-corrected chi connectivity index (χ0v) is 13.6. The summed E-state index contributed by atoms with van der Waals surface area (Å²) in [5.41, 5.74) is 0.0880. The highest BCUT2D eigenvalue weighted by Gasteiger charge is 2.35. The molecule has 0 unspecified atom stereocenters. The predicted octanol–water partition coefficient (Wildman–Crippen LogP) is 4.98. The van der Waals surface area contributed by atoms with Crippen LogP contribution in [-0.2, 0) is 11.5 Å². The first-order valence-corrected chi connectivity index (χ1v) is 7.79. The molecule has 0 saturated carbocycles. The molecule has 0 saturated heterocycles. The van der Waals surface area contributed by atoms with Crippen LogP contribution in [0.4, 0.5) is 18.9 Å². The maximum absolute atomic E-state index is 13.3. The van der Waals surface area contributed by atoms with Crippen LogP contribution in [0.2, 0.25) is 0 Å². The van der Waals surface area contributed by atoms with E-state index in [0.29, 0.717) is 24.0 Å². The second-order valence-corrected chi connectivity index (χ2v) is 5.79. The zero-order valence-electron chi connectivity index (χ0n) is 12.0. The summed E-state index contributed by atoms with van der Waals surface area (Å²) in [4.78, 5) is 1.65. The van der Waals surface area contributed by atoms with Crippen LogP contribution in [0.25, 0.3) is 0 Å². The minimum absolute atomic E-state index is 0.149. The van der Waals surface area contributed by atoms with E-state index in [1.54, 1.807) is 11.0 Å². The molecule has 1 aromatic carbocycles. The molecular formula is C15H18BrF3N2. The molecule has 0 bridgehead atoms. The lowest BCUT2D eigenvalue weighted by Gasteiger charge is -2.29. The molecule has 0 fully saturated rings. The molecule has 116 valence electrons. The Morgan fingerprint density at radius 3 is 2.48 bits per heavy atom. The summed E-state index contributed by atoms with van der Waals surface area (Å²) in [5.74, 6) is 0.209. The Labute approximate surface area is 131 Å². The van der Waals surface area contributed by atoms with E-state index in [1.807, 2.05) is 19.9 Å². The zero-order chi connectivity index (χ0) is 16.0. The summed E-state index contributed by atoms with van der Waals surface area (Å²) in [5, 5.41) is 9.08. The van der Waals surface area contributed by atoms with Gasteiger partial charge >= 0.3 is 6.18 Å². The highest BCUT2D eigenvalue weighted by atomic mass is 79.9. The van der Waals surface area contributed by atoms with Crippen LogP contribution in [0.3, 0.4) is 0 Å². The minimum Gasteiger partial charge on any atom is -0.370 e. The van der Waals surface area contributed by atoms with Crippen LogP contribution in [0.1, 0.15) is 31.4 Å². The summed E-state index contributed by atoms with van der Waals surface area (Å²) in [7, 11) is 0. The molecule has 0 N–H and O–H groups in total. The molecule has 0 aromatic heterocycles. The maximum Gasteiger partial charge on any atom is 0.418 e.